The fourth-order valence-corrected chi connectivity index (χ4v) is 0.664. The average molecular weight is 153 g/mol. The molecule has 0 saturated carbocycles. The van der Waals surface area contributed by atoms with Crippen LogP contribution < -0.4 is 5.73 Å². The molecule has 4 heteroatoms. The molecule has 60 valence electrons. The maximum Gasteiger partial charge on any atom is 0.243 e. The molecule has 0 aliphatic carbocycles. The van der Waals surface area contributed by atoms with Gasteiger partial charge in [0, 0.05) is 6.42 Å². The van der Waals surface area contributed by atoms with E-state index in [1.165, 1.54) is 0 Å². The Balaban J connectivity index is 2.73. The fraction of sp³-hybridized carbons (Fsp3) is 0.429. The van der Waals surface area contributed by atoms with Crippen LogP contribution in [0.5, 0.6) is 0 Å². The molecule has 0 saturated heterocycles. The van der Waals surface area contributed by atoms with Crippen LogP contribution >= 0.6 is 0 Å². The molecule has 0 fully saturated rings. The first-order valence-corrected chi connectivity index (χ1v) is 3.43. The number of rotatable bonds is 3. The van der Waals surface area contributed by atoms with Crippen LogP contribution in [0.2, 0.25) is 0 Å². The first-order valence-electron chi connectivity index (χ1n) is 3.43. The van der Waals surface area contributed by atoms with Gasteiger partial charge in [0.05, 0.1) is 6.04 Å². The Bertz CT molecular complexity index is 242. The molecule has 0 radical (unpaired) electrons. The lowest BCUT2D eigenvalue weighted by Gasteiger charge is -1.92. The van der Waals surface area contributed by atoms with Crippen molar-refractivity contribution in [2.45, 2.75) is 19.4 Å². The van der Waals surface area contributed by atoms with Gasteiger partial charge in [-0.3, -0.25) is 0 Å². The maximum atomic E-state index is 5.50. The molecule has 0 aliphatic heterocycles. The Morgan fingerprint density at radius 1 is 1.82 bits per heavy atom. The van der Waals surface area contributed by atoms with E-state index in [1.54, 1.807) is 13.0 Å². The molecule has 4 nitrogen and oxygen atoms in total. The predicted molar refractivity (Wildman–Crippen MR) is 40.8 cm³/mol. The number of nitrogens with two attached hydrogens (primary N) is 1. The molecule has 0 unspecified atom stereocenters. The normalized spacial score (nSPS) is 12.9. The summed E-state index contributed by atoms with van der Waals surface area (Å²) >= 11 is 0. The van der Waals surface area contributed by atoms with Gasteiger partial charge >= 0.3 is 0 Å². The van der Waals surface area contributed by atoms with Crippen LogP contribution in [0.1, 0.15) is 24.7 Å². The number of hydrogen-bond donors (Lipinski definition) is 1. The maximum absolute atomic E-state index is 5.50. The largest absolute Gasteiger partial charge is 0.338 e. The average Bonchev–Trinajstić information content (AvgIpc) is 2.37. The van der Waals surface area contributed by atoms with Crippen LogP contribution in [0.4, 0.5) is 0 Å². The highest BCUT2D eigenvalue weighted by atomic mass is 16.5. The zero-order valence-corrected chi connectivity index (χ0v) is 6.45. The van der Waals surface area contributed by atoms with E-state index in [9.17, 15) is 0 Å². The van der Waals surface area contributed by atoms with Crippen LogP contribution in [0, 0.1) is 0 Å². The molecule has 1 rings (SSSR count). The van der Waals surface area contributed by atoms with Crippen molar-refractivity contribution in [2.75, 3.05) is 0 Å². The molecular weight excluding hydrogens is 142 g/mol. The zero-order valence-electron chi connectivity index (χ0n) is 6.45. The van der Waals surface area contributed by atoms with Crippen molar-refractivity contribution < 1.29 is 4.52 Å². The second-order valence-corrected chi connectivity index (χ2v) is 2.33. The third-order valence-electron chi connectivity index (χ3n) is 1.20. The smallest absolute Gasteiger partial charge is 0.243 e. The minimum absolute atomic E-state index is 0.193. The highest BCUT2D eigenvalue weighted by molar-refractivity contribution is 4.94. The van der Waals surface area contributed by atoms with Gasteiger partial charge in [0.1, 0.15) is 0 Å². The lowest BCUT2D eigenvalue weighted by atomic mass is 10.3. The van der Waals surface area contributed by atoms with Gasteiger partial charge in [-0.25, -0.2) is 0 Å². The molecule has 0 aromatic carbocycles. The van der Waals surface area contributed by atoms with Gasteiger partial charge in [-0.15, -0.1) is 6.58 Å². The number of nitrogens with zero attached hydrogens (tertiary/aromatic N) is 2. The molecule has 0 aliphatic rings. The van der Waals surface area contributed by atoms with Gasteiger partial charge in [-0.1, -0.05) is 11.2 Å². The topological polar surface area (TPSA) is 64.9 Å². The number of aromatic nitrogens is 2. The second kappa shape index (κ2) is 3.30. The molecule has 1 heterocycles. The van der Waals surface area contributed by atoms with Crippen LogP contribution in [-0.4, -0.2) is 10.1 Å². The molecule has 11 heavy (non-hydrogen) atoms. The summed E-state index contributed by atoms with van der Waals surface area (Å²) in [5.41, 5.74) is 5.50. The van der Waals surface area contributed by atoms with Crippen molar-refractivity contribution in [3.63, 3.8) is 0 Å². The van der Waals surface area contributed by atoms with Crippen LogP contribution in [0.15, 0.2) is 17.2 Å². The third-order valence-corrected chi connectivity index (χ3v) is 1.20. The standard InChI is InChI=1S/C7H11N3O/c1-3-4-6-9-7(5(2)8)11-10-6/h3,5H,1,4,8H2,2H3/t5-/m0/s1. The first kappa shape index (κ1) is 7.94. The third kappa shape index (κ3) is 1.88. The highest BCUT2D eigenvalue weighted by Crippen LogP contribution is 2.05. The molecular formula is C7H11N3O. The zero-order chi connectivity index (χ0) is 8.27. The van der Waals surface area contributed by atoms with E-state index in [0.717, 1.165) is 0 Å². The van der Waals surface area contributed by atoms with Crippen molar-refractivity contribution >= 4 is 0 Å². The summed E-state index contributed by atoms with van der Waals surface area (Å²) in [7, 11) is 0. The van der Waals surface area contributed by atoms with Gasteiger partial charge in [0.25, 0.3) is 0 Å². The quantitative estimate of drug-likeness (QED) is 0.653. The van der Waals surface area contributed by atoms with Crippen LogP contribution in [0.25, 0.3) is 0 Å². The minimum Gasteiger partial charge on any atom is -0.338 e. The monoisotopic (exact) mass is 153 g/mol. The van der Waals surface area contributed by atoms with Gasteiger partial charge in [-0.05, 0) is 6.92 Å². The van der Waals surface area contributed by atoms with Gasteiger partial charge in [0.15, 0.2) is 5.82 Å². The Hall–Kier alpha value is -1.16. The molecule has 1 aromatic rings. The Morgan fingerprint density at radius 3 is 3.00 bits per heavy atom. The summed E-state index contributed by atoms with van der Waals surface area (Å²) in [6.45, 7) is 5.35. The van der Waals surface area contributed by atoms with E-state index < -0.39 is 0 Å². The predicted octanol–water partition coefficient (Wildman–Crippen LogP) is 0.818. The SMILES string of the molecule is C=CCc1noc([C@H](C)N)n1. The molecule has 1 aromatic heterocycles. The summed E-state index contributed by atoms with van der Waals surface area (Å²) < 4.78 is 4.84. The van der Waals surface area contributed by atoms with Crippen molar-refractivity contribution in [1.82, 2.24) is 10.1 Å². The lowest BCUT2D eigenvalue weighted by Crippen LogP contribution is -2.05. The number of allylic oxidation sites excluding steroid dienone is 1. The van der Waals surface area contributed by atoms with Gasteiger partial charge < -0.3 is 10.3 Å². The van der Waals surface area contributed by atoms with Crippen molar-refractivity contribution in [1.29, 1.82) is 0 Å². The van der Waals surface area contributed by atoms with E-state index in [0.29, 0.717) is 18.1 Å². The Kier molecular flexibility index (Phi) is 2.38. The summed E-state index contributed by atoms with van der Waals surface area (Å²) in [6.07, 6.45) is 2.34. The van der Waals surface area contributed by atoms with Crippen LogP contribution in [0.3, 0.4) is 0 Å². The Morgan fingerprint density at radius 2 is 2.55 bits per heavy atom. The van der Waals surface area contributed by atoms with E-state index >= 15 is 0 Å². The molecule has 0 bridgehead atoms. The van der Waals surface area contributed by atoms with Crippen molar-refractivity contribution in [2.24, 2.45) is 5.73 Å². The van der Waals surface area contributed by atoms with Crippen molar-refractivity contribution in [3.05, 3.63) is 24.4 Å². The number of hydrogen-bond acceptors (Lipinski definition) is 4. The molecule has 2 N–H and O–H groups in total. The molecule has 0 amide bonds. The summed E-state index contributed by atoms with van der Waals surface area (Å²) in [4.78, 5) is 4.03. The Labute approximate surface area is 65.1 Å². The van der Waals surface area contributed by atoms with Crippen molar-refractivity contribution in [3.8, 4) is 0 Å². The highest BCUT2D eigenvalue weighted by Gasteiger charge is 2.07. The van der Waals surface area contributed by atoms with Gasteiger partial charge in [0.2, 0.25) is 5.89 Å². The summed E-state index contributed by atoms with van der Waals surface area (Å²) in [6, 6.07) is -0.193. The molecule has 0 spiro atoms. The van der Waals surface area contributed by atoms with E-state index in [2.05, 4.69) is 16.7 Å². The van der Waals surface area contributed by atoms with Gasteiger partial charge in [-0.2, -0.15) is 4.98 Å². The summed E-state index contributed by atoms with van der Waals surface area (Å²) in [5.74, 6) is 1.11. The first-order chi connectivity index (χ1) is 5.24. The van der Waals surface area contributed by atoms with Crippen LogP contribution in [-0.2, 0) is 6.42 Å². The lowest BCUT2D eigenvalue weighted by molar-refractivity contribution is 0.358. The second-order valence-electron chi connectivity index (χ2n) is 2.33. The van der Waals surface area contributed by atoms with E-state index in [4.69, 9.17) is 10.3 Å². The molecule has 1 atom stereocenters. The fourth-order valence-electron chi connectivity index (χ4n) is 0.664. The van der Waals surface area contributed by atoms with E-state index in [-0.39, 0.29) is 6.04 Å². The summed E-state index contributed by atoms with van der Waals surface area (Å²) in [5, 5.41) is 3.69. The minimum atomic E-state index is -0.193. The van der Waals surface area contributed by atoms with E-state index in [1.807, 2.05) is 0 Å².